The van der Waals surface area contributed by atoms with E-state index < -0.39 is 0 Å². The smallest absolute Gasteiger partial charge is 0.254 e. The number of carbonyl (C=O) groups is 3. The SMILES string of the molecule is O=C(CNc1cccc(C(=O)NC2CCCCC2)c1)Nc1ccc(C(=O)N2CCOCC2)cc1. The summed E-state index contributed by atoms with van der Waals surface area (Å²) in [6.45, 7) is 2.35. The second-order valence-corrected chi connectivity index (χ2v) is 8.77. The lowest BCUT2D eigenvalue weighted by atomic mass is 9.95. The van der Waals surface area contributed by atoms with E-state index in [0.29, 0.717) is 48.8 Å². The van der Waals surface area contributed by atoms with E-state index in [2.05, 4.69) is 16.0 Å². The summed E-state index contributed by atoms with van der Waals surface area (Å²) < 4.78 is 5.29. The molecule has 180 valence electrons. The Morgan fingerprint density at radius 1 is 0.882 bits per heavy atom. The van der Waals surface area contributed by atoms with Gasteiger partial charge in [0.25, 0.3) is 11.8 Å². The van der Waals surface area contributed by atoms with Crippen LogP contribution in [-0.2, 0) is 9.53 Å². The summed E-state index contributed by atoms with van der Waals surface area (Å²) in [7, 11) is 0. The molecule has 2 aromatic rings. The van der Waals surface area contributed by atoms with Crippen LogP contribution >= 0.6 is 0 Å². The Balaban J connectivity index is 1.25. The van der Waals surface area contributed by atoms with Crippen LogP contribution in [0.1, 0.15) is 52.8 Å². The Morgan fingerprint density at radius 2 is 1.62 bits per heavy atom. The van der Waals surface area contributed by atoms with Crippen molar-refractivity contribution in [1.82, 2.24) is 10.2 Å². The van der Waals surface area contributed by atoms with Gasteiger partial charge in [-0.2, -0.15) is 0 Å². The molecule has 0 bridgehead atoms. The molecule has 1 aliphatic carbocycles. The Morgan fingerprint density at radius 3 is 2.35 bits per heavy atom. The molecule has 1 saturated heterocycles. The first-order valence-corrected chi connectivity index (χ1v) is 12.0. The van der Waals surface area contributed by atoms with Gasteiger partial charge in [0.15, 0.2) is 0 Å². The van der Waals surface area contributed by atoms with Crippen molar-refractivity contribution in [3.63, 3.8) is 0 Å². The van der Waals surface area contributed by atoms with E-state index in [-0.39, 0.29) is 30.3 Å². The number of hydrogen-bond donors (Lipinski definition) is 3. The highest BCUT2D eigenvalue weighted by atomic mass is 16.5. The zero-order valence-corrected chi connectivity index (χ0v) is 19.3. The summed E-state index contributed by atoms with van der Waals surface area (Å²) in [4.78, 5) is 39.3. The van der Waals surface area contributed by atoms with Crippen molar-refractivity contribution < 1.29 is 19.1 Å². The van der Waals surface area contributed by atoms with Crippen molar-refractivity contribution in [2.24, 2.45) is 0 Å². The molecule has 0 radical (unpaired) electrons. The van der Waals surface area contributed by atoms with Gasteiger partial charge in [-0.25, -0.2) is 0 Å². The molecule has 0 aromatic heterocycles. The molecule has 34 heavy (non-hydrogen) atoms. The second kappa shape index (κ2) is 11.7. The minimum absolute atomic E-state index is 0.0322. The quantitative estimate of drug-likeness (QED) is 0.584. The van der Waals surface area contributed by atoms with Crippen LogP contribution in [0.3, 0.4) is 0 Å². The molecule has 2 fully saturated rings. The van der Waals surface area contributed by atoms with Crippen molar-refractivity contribution in [1.29, 1.82) is 0 Å². The standard InChI is InChI=1S/C26H32N4O4/c31-24(28-22-11-9-19(10-12-22)26(33)30-13-15-34-16-14-30)18-27-23-8-4-5-20(17-23)25(32)29-21-6-2-1-3-7-21/h4-5,8-12,17,21,27H,1-3,6-7,13-16,18H2,(H,28,31)(H,29,32). The summed E-state index contributed by atoms with van der Waals surface area (Å²) in [5, 5.41) is 9.01. The van der Waals surface area contributed by atoms with Gasteiger partial charge in [-0.15, -0.1) is 0 Å². The first-order chi connectivity index (χ1) is 16.6. The number of rotatable bonds is 7. The normalized spacial score (nSPS) is 16.5. The third-order valence-corrected chi connectivity index (χ3v) is 6.23. The van der Waals surface area contributed by atoms with Crippen LogP contribution in [0.25, 0.3) is 0 Å². The first-order valence-electron chi connectivity index (χ1n) is 12.0. The molecular formula is C26H32N4O4. The average molecular weight is 465 g/mol. The topological polar surface area (TPSA) is 99.8 Å². The van der Waals surface area contributed by atoms with E-state index in [1.54, 1.807) is 47.4 Å². The second-order valence-electron chi connectivity index (χ2n) is 8.77. The summed E-state index contributed by atoms with van der Waals surface area (Å²) >= 11 is 0. The molecule has 1 heterocycles. The highest BCUT2D eigenvalue weighted by Crippen LogP contribution is 2.19. The van der Waals surface area contributed by atoms with Crippen LogP contribution < -0.4 is 16.0 Å². The number of anilines is 2. The third-order valence-electron chi connectivity index (χ3n) is 6.23. The number of ether oxygens (including phenoxy) is 1. The van der Waals surface area contributed by atoms with E-state index in [9.17, 15) is 14.4 Å². The van der Waals surface area contributed by atoms with E-state index in [1.165, 1.54) is 6.42 Å². The van der Waals surface area contributed by atoms with Crippen LogP contribution in [0.2, 0.25) is 0 Å². The number of benzene rings is 2. The van der Waals surface area contributed by atoms with Gasteiger partial charge in [0.05, 0.1) is 19.8 Å². The largest absolute Gasteiger partial charge is 0.378 e. The summed E-state index contributed by atoms with van der Waals surface area (Å²) in [6, 6.07) is 14.3. The van der Waals surface area contributed by atoms with Crippen molar-refractivity contribution >= 4 is 29.1 Å². The zero-order chi connectivity index (χ0) is 23.8. The Bertz CT molecular complexity index is 996. The Kier molecular flexibility index (Phi) is 8.14. The average Bonchev–Trinajstić information content (AvgIpc) is 2.89. The maximum atomic E-state index is 12.6. The number of carbonyl (C=O) groups excluding carboxylic acids is 3. The molecule has 3 N–H and O–H groups in total. The molecular weight excluding hydrogens is 432 g/mol. The van der Waals surface area contributed by atoms with E-state index in [4.69, 9.17) is 4.74 Å². The van der Waals surface area contributed by atoms with Gasteiger partial charge in [-0.05, 0) is 55.3 Å². The van der Waals surface area contributed by atoms with Crippen molar-refractivity contribution in [3.05, 3.63) is 59.7 Å². The molecule has 0 atom stereocenters. The number of amides is 3. The van der Waals surface area contributed by atoms with Crippen LogP contribution in [0, 0.1) is 0 Å². The summed E-state index contributed by atoms with van der Waals surface area (Å²) in [5.74, 6) is -0.328. The third kappa shape index (κ3) is 6.57. The minimum atomic E-state index is -0.218. The van der Waals surface area contributed by atoms with E-state index in [0.717, 1.165) is 25.7 Å². The molecule has 1 aliphatic heterocycles. The van der Waals surface area contributed by atoms with Crippen LogP contribution in [0.4, 0.5) is 11.4 Å². The molecule has 2 aromatic carbocycles. The van der Waals surface area contributed by atoms with Gasteiger partial charge < -0.3 is 25.6 Å². The lowest BCUT2D eigenvalue weighted by molar-refractivity contribution is -0.114. The fourth-order valence-electron chi connectivity index (χ4n) is 4.32. The number of nitrogens with one attached hydrogen (secondary N) is 3. The molecule has 0 spiro atoms. The van der Waals surface area contributed by atoms with Gasteiger partial charge in [0.1, 0.15) is 0 Å². The van der Waals surface area contributed by atoms with Crippen LogP contribution in [0.5, 0.6) is 0 Å². The Hall–Kier alpha value is -3.39. The lowest BCUT2D eigenvalue weighted by Crippen LogP contribution is -2.40. The minimum Gasteiger partial charge on any atom is -0.378 e. The highest BCUT2D eigenvalue weighted by Gasteiger charge is 2.19. The summed E-state index contributed by atoms with van der Waals surface area (Å²) in [5.41, 5.74) is 2.49. The monoisotopic (exact) mass is 464 g/mol. The van der Waals surface area contributed by atoms with Crippen molar-refractivity contribution in [2.45, 2.75) is 38.1 Å². The zero-order valence-electron chi connectivity index (χ0n) is 19.3. The predicted molar refractivity (Wildman–Crippen MR) is 131 cm³/mol. The van der Waals surface area contributed by atoms with E-state index in [1.807, 2.05) is 6.07 Å². The van der Waals surface area contributed by atoms with Gasteiger partial charge >= 0.3 is 0 Å². The molecule has 8 nitrogen and oxygen atoms in total. The van der Waals surface area contributed by atoms with Crippen molar-refractivity contribution in [3.8, 4) is 0 Å². The van der Waals surface area contributed by atoms with Gasteiger partial charge in [-0.3, -0.25) is 14.4 Å². The fraction of sp³-hybridized carbons (Fsp3) is 0.423. The molecule has 0 unspecified atom stereocenters. The molecule has 1 saturated carbocycles. The lowest BCUT2D eigenvalue weighted by Gasteiger charge is -2.26. The number of morpholine rings is 1. The van der Waals surface area contributed by atoms with Crippen LogP contribution in [0.15, 0.2) is 48.5 Å². The molecule has 8 heteroatoms. The number of nitrogens with zero attached hydrogens (tertiary/aromatic N) is 1. The molecule has 4 rings (SSSR count). The maximum absolute atomic E-state index is 12.6. The summed E-state index contributed by atoms with van der Waals surface area (Å²) in [6.07, 6.45) is 5.63. The fourth-order valence-corrected chi connectivity index (χ4v) is 4.32. The highest BCUT2D eigenvalue weighted by molar-refractivity contribution is 5.97. The van der Waals surface area contributed by atoms with Crippen LogP contribution in [-0.4, -0.2) is 61.5 Å². The van der Waals surface area contributed by atoms with Gasteiger partial charge in [0.2, 0.25) is 5.91 Å². The predicted octanol–water partition coefficient (Wildman–Crippen LogP) is 3.27. The van der Waals surface area contributed by atoms with Gasteiger partial charge in [-0.1, -0.05) is 25.3 Å². The molecule has 3 amide bonds. The number of hydrogen-bond acceptors (Lipinski definition) is 5. The maximum Gasteiger partial charge on any atom is 0.254 e. The molecule has 2 aliphatic rings. The Labute approximate surface area is 200 Å². The first kappa shape index (κ1) is 23.8. The van der Waals surface area contributed by atoms with Crippen molar-refractivity contribution in [2.75, 3.05) is 43.5 Å². The van der Waals surface area contributed by atoms with E-state index >= 15 is 0 Å². The van der Waals surface area contributed by atoms with Gasteiger partial charge in [0, 0.05) is 41.6 Å².